The predicted octanol–water partition coefficient (Wildman–Crippen LogP) is 14.8. The fourth-order valence-corrected chi connectivity index (χ4v) is 13.0. The maximum Gasteiger partial charge on any atom is 1.00 e. The number of nitrogens with one attached hydrogen (secondary N) is 1. The van der Waals surface area contributed by atoms with Crippen molar-refractivity contribution in [2.24, 2.45) is 38.9 Å². The summed E-state index contributed by atoms with van der Waals surface area (Å²) in [6.07, 6.45) is 11.1. The Bertz CT molecular complexity index is 4230. The van der Waals surface area contributed by atoms with Gasteiger partial charge in [-0.3, -0.25) is 18.8 Å². The summed E-state index contributed by atoms with van der Waals surface area (Å²) in [5.41, 5.74) is 11.5. The van der Waals surface area contributed by atoms with E-state index in [-0.39, 0.29) is 64.3 Å². The summed E-state index contributed by atoms with van der Waals surface area (Å²) in [5, 5.41) is 29.5. The van der Waals surface area contributed by atoms with Crippen LogP contribution in [0, 0.1) is 17.8 Å². The van der Waals surface area contributed by atoms with Crippen molar-refractivity contribution >= 4 is 64.9 Å². The Morgan fingerprint density at radius 2 is 0.949 bits per heavy atom. The van der Waals surface area contributed by atoms with E-state index in [1.54, 1.807) is 21.1 Å². The van der Waals surface area contributed by atoms with Crippen molar-refractivity contribution < 1.29 is 55.4 Å². The smallest absolute Gasteiger partial charge is 1.00 e. The van der Waals surface area contributed by atoms with Crippen molar-refractivity contribution in [2.75, 3.05) is 25.7 Å². The molecule has 0 atom stereocenters. The molecule has 0 radical (unpaired) electrons. The number of ether oxygens (including phenoxy) is 1. The normalized spacial score (nSPS) is 12.7. The first kappa shape index (κ1) is 83.3. The van der Waals surface area contributed by atoms with Crippen LogP contribution in [0.25, 0.3) is 66.1 Å². The summed E-state index contributed by atoms with van der Waals surface area (Å²) < 4.78 is 42.0. The molecule has 534 valence electrons. The molecular formula is C77H116BrFN9NaO7Si2. The Kier molecular flexibility index (Phi) is 32.3. The molecular weight excluding hydrogens is 1340 g/mol. The molecule has 1 aliphatic heterocycles. The molecule has 0 amide bonds. The minimum atomic E-state index is -1.84. The molecule has 7 heterocycles. The number of aryl methyl sites for hydroxylation is 5. The van der Waals surface area contributed by atoms with Crippen molar-refractivity contribution in [2.45, 2.75) is 205 Å². The number of halogens is 2. The summed E-state index contributed by atoms with van der Waals surface area (Å²) in [5.74, 6) is 1.39. The molecule has 9 aromatic rings. The number of H-pyrrole nitrogens is 1. The average Bonchev–Trinajstić information content (AvgIpc) is 1.60. The quantitative estimate of drug-likeness (QED) is 0.0620. The number of aliphatic hydroxyl groups is 1. The molecule has 1 fully saturated rings. The summed E-state index contributed by atoms with van der Waals surface area (Å²) >= 11 is 3.15. The number of alkyl halides is 2. The van der Waals surface area contributed by atoms with Crippen LogP contribution in [-0.2, 0) is 86.9 Å². The SMILES string of the molecule is C1CCOC1.CC(C)Cc1nn(C)c(=O)c2c(-c3cccc(CO[Si](C)(C)C(C)(C)C)c3)[nH]cc12.CCBr.CCn1cc2c(CC(C)C)nn(C)c(=O)c2c1-c1cccc(CO)c1.CCn1cc2c(CC(C)C)nn(C)c(=O)c2c1-c1cccc(CO[Si](C)(C)C(C)(C)C)c1.[2H]CF.[H-].[Na+]. The van der Waals surface area contributed by atoms with Crippen LogP contribution in [0.15, 0.2) is 106 Å². The van der Waals surface area contributed by atoms with Crippen LogP contribution < -0.4 is 46.2 Å². The van der Waals surface area contributed by atoms with Gasteiger partial charge in [-0.25, -0.2) is 14.0 Å². The molecule has 3 aromatic carbocycles. The van der Waals surface area contributed by atoms with Crippen LogP contribution in [-0.4, -0.2) is 90.9 Å². The molecule has 0 bridgehead atoms. The minimum absolute atomic E-state index is 0. The molecule has 0 aliphatic carbocycles. The van der Waals surface area contributed by atoms with Crippen LogP contribution in [0.5, 0.6) is 0 Å². The molecule has 0 spiro atoms. The second-order valence-corrected chi connectivity index (χ2v) is 40.2. The average molecular weight is 1460 g/mol. The zero-order valence-corrected chi connectivity index (χ0v) is 69.1. The first-order valence-corrected chi connectivity index (χ1v) is 41.4. The Morgan fingerprint density at radius 1 is 0.612 bits per heavy atom. The molecule has 10 rings (SSSR count). The van der Waals surface area contributed by atoms with E-state index in [0.29, 0.717) is 41.7 Å². The summed E-state index contributed by atoms with van der Waals surface area (Å²) in [6.45, 7) is 46.6. The molecule has 98 heavy (non-hydrogen) atoms. The zero-order chi connectivity index (χ0) is 73.2. The third-order valence-corrected chi connectivity index (χ3v) is 27.2. The molecule has 0 saturated carbocycles. The maximum atomic E-state index is 13.2. The van der Waals surface area contributed by atoms with Gasteiger partial charge in [0.25, 0.3) is 16.7 Å². The van der Waals surface area contributed by atoms with Crippen molar-refractivity contribution in [3.05, 3.63) is 156 Å². The standard InChI is InChI=1S/C26H39N3O2Si.C24H35N3O2Si.C20H25N3O2.C4H8O.C2H5Br.CH3F.Na.H/c1-10-29-16-21-22(14-18(2)3)27-28(7)25(30)23(21)24(29)20-13-11-12-19(15-20)17-31-32(8,9)26(4,5)6;1-16(2)12-20-19-14-25-22(21(19)23(28)27(6)26-20)18-11-9-10-17(13-18)15-29-30(7,8)24(3,4)5;1-5-23-11-16-17(9-13(2)3)21-22(4)20(25)18(16)19(23)15-8-6-7-14(10-15)12-24;1-2-4-5-3-1;1-2-3;1-2;;/h11-13,15-16,18H,10,14,17H2,1-9H3;9-11,13-14,16,25H,12,15H2,1-8H3;6-8,10-11,13,24H,5,9,12H2,1-4H3;1-4H2;2H2,1H3;1H3;;/q;;;;;;+1;-1/i;;;;;1D;;. The van der Waals surface area contributed by atoms with Gasteiger partial charge in [0.05, 0.1) is 78.7 Å². The van der Waals surface area contributed by atoms with E-state index in [1.807, 2.05) is 55.7 Å². The summed E-state index contributed by atoms with van der Waals surface area (Å²) in [6, 6.07) is 24.5. The van der Waals surface area contributed by atoms with Crippen molar-refractivity contribution in [1.29, 1.82) is 0 Å². The fraction of sp³-hybridized carbons (Fsp3) is 0.532. The zero-order valence-electron chi connectivity index (χ0n) is 65.5. The first-order chi connectivity index (χ1) is 46.0. The number of benzene rings is 3. The first-order valence-electron chi connectivity index (χ1n) is 35.2. The van der Waals surface area contributed by atoms with Gasteiger partial charge in [0.15, 0.2) is 16.6 Å². The van der Waals surface area contributed by atoms with Crippen LogP contribution >= 0.6 is 15.9 Å². The Morgan fingerprint density at radius 3 is 1.29 bits per heavy atom. The van der Waals surface area contributed by atoms with E-state index in [0.717, 1.165) is 140 Å². The fourth-order valence-electron chi connectivity index (χ4n) is 11.1. The molecule has 16 nitrogen and oxygen atoms in total. The van der Waals surface area contributed by atoms with Gasteiger partial charge < -0.3 is 34.2 Å². The number of aromatic amines is 1. The molecule has 0 unspecified atom stereocenters. The van der Waals surface area contributed by atoms with Gasteiger partial charge in [-0.2, -0.15) is 15.3 Å². The van der Waals surface area contributed by atoms with Crippen molar-refractivity contribution in [1.82, 2.24) is 43.5 Å². The Balaban J connectivity index is 0.000000360. The van der Waals surface area contributed by atoms with Gasteiger partial charge >= 0.3 is 29.6 Å². The van der Waals surface area contributed by atoms with E-state index in [2.05, 4.69) is 211 Å². The van der Waals surface area contributed by atoms with E-state index >= 15 is 0 Å². The number of rotatable bonds is 18. The largest absolute Gasteiger partial charge is 1.00 e. The number of nitrogens with zero attached hydrogens (tertiary/aromatic N) is 8. The number of aromatic nitrogens is 9. The van der Waals surface area contributed by atoms with Crippen molar-refractivity contribution in [3.8, 4) is 33.8 Å². The van der Waals surface area contributed by atoms with Gasteiger partial charge in [-0.15, -0.1) is 0 Å². The molecule has 1 saturated heterocycles. The van der Waals surface area contributed by atoms with Gasteiger partial charge in [-0.1, -0.05) is 161 Å². The number of hydrogen-bond acceptors (Lipinski definition) is 10. The number of hydrogen-bond donors (Lipinski definition) is 2. The molecule has 21 heteroatoms. The van der Waals surface area contributed by atoms with E-state index in [9.17, 15) is 23.9 Å². The van der Waals surface area contributed by atoms with Crippen molar-refractivity contribution in [3.63, 3.8) is 0 Å². The molecule has 2 N–H and O–H groups in total. The predicted molar refractivity (Wildman–Crippen MR) is 412 cm³/mol. The van der Waals surface area contributed by atoms with Crippen LogP contribution in [0.3, 0.4) is 0 Å². The third-order valence-electron chi connectivity index (χ3n) is 18.2. The van der Waals surface area contributed by atoms with Gasteiger partial charge in [-0.05, 0) is 152 Å². The maximum absolute atomic E-state index is 13.2. The third kappa shape index (κ3) is 21.8. The van der Waals surface area contributed by atoms with Gasteiger partial charge in [0.2, 0.25) is 0 Å². The van der Waals surface area contributed by atoms with Gasteiger partial charge in [0, 0.05) is 87.5 Å². The summed E-state index contributed by atoms with van der Waals surface area (Å²) in [4.78, 5) is 42.4. The Hall–Kier alpha value is -5.40. The molecule has 1 aliphatic rings. The van der Waals surface area contributed by atoms with E-state index < -0.39 is 23.8 Å². The number of fused-ring (bicyclic) bond motifs is 3. The molecule has 6 aromatic heterocycles. The number of aliphatic hydroxyl groups excluding tert-OH is 1. The second-order valence-electron chi connectivity index (χ2n) is 29.4. The van der Waals surface area contributed by atoms with E-state index in [1.165, 1.54) is 26.9 Å². The van der Waals surface area contributed by atoms with Crippen LogP contribution in [0.4, 0.5) is 4.39 Å². The minimum Gasteiger partial charge on any atom is -1.00 e. The van der Waals surface area contributed by atoms with Gasteiger partial charge in [0.1, 0.15) is 0 Å². The topological polar surface area (TPSA) is 178 Å². The van der Waals surface area contributed by atoms with Crippen LogP contribution in [0.1, 0.15) is 153 Å². The van der Waals surface area contributed by atoms with Crippen LogP contribution in [0.2, 0.25) is 36.3 Å². The Labute approximate surface area is 619 Å². The summed E-state index contributed by atoms with van der Waals surface area (Å²) in [7, 11) is 0.528. The monoisotopic (exact) mass is 1460 g/mol. The van der Waals surface area contributed by atoms with E-state index in [4.69, 9.17) is 15.0 Å². The second kappa shape index (κ2) is 38.0.